The number of hydrogen-bond donors (Lipinski definition) is 0. The summed E-state index contributed by atoms with van der Waals surface area (Å²) in [5, 5.41) is 0. The first-order chi connectivity index (χ1) is 4.24. The first-order valence-electron chi connectivity index (χ1n) is 4.09. The van der Waals surface area contributed by atoms with Crippen LogP contribution in [0.25, 0.3) is 0 Å². The third-order valence-electron chi connectivity index (χ3n) is 2.68. The van der Waals surface area contributed by atoms with Gasteiger partial charge in [-0.3, -0.25) is 0 Å². The average molecular weight is 189 g/mol. The molecule has 0 spiro atoms. The standard InChI is InChI=1S/C8H20N.ClH.Na/c1-5-9(6-2,7-3)8-4;;/h5-8H2,1-4H3;1H;/q+1;;/p-1. The molecule has 1 radical (unpaired) electrons. The van der Waals surface area contributed by atoms with Crippen molar-refractivity contribution < 1.29 is 16.9 Å². The number of quaternary nitrogens is 1. The summed E-state index contributed by atoms with van der Waals surface area (Å²) >= 11 is 0. The molecule has 0 fully saturated rings. The monoisotopic (exact) mass is 188 g/mol. The van der Waals surface area contributed by atoms with E-state index in [-0.39, 0.29) is 42.0 Å². The zero-order valence-corrected chi connectivity index (χ0v) is 11.4. The van der Waals surface area contributed by atoms with E-state index in [1.807, 2.05) is 0 Å². The molecule has 0 saturated heterocycles. The SMILES string of the molecule is CC[N+](CC)(CC)CC.[Cl-].[Na]. The predicted octanol–water partition coefficient (Wildman–Crippen LogP) is -1.49. The van der Waals surface area contributed by atoms with Gasteiger partial charge in [-0.25, -0.2) is 0 Å². The molecule has 0 aliphatic heterocycles. The van der Waals surface area contributed by atoms with Gasteiger partial charge in [0.2, 0.25) is 0 Å². The topological polar surface area (TPSA) is 0 Å². The van der Waals surface area contributed by atoms with Crippen LogP contribution in [0.1, 0.15) is 27.7 Å². The van der Waals surface area contributed by atoms with Crippen molar-refractivity contribution in [3.63, 3.8) is 0 Å². The number of nitrogens with zero attached hydrogens (tertiary/aromatic N) is 1. The second kappa shape index (κ2) is 9.34. The van der Waals surface area contributed by atoms with Gasteiger partial charge in [0.15, 0.2) is 0 Å². The second-order valence-corrected chi connectivity index (χ2v) is 2.61. The summed E-state index contributed by atoms with van der Waals surface area (Å²) in [6.07, 6.45) is 0. The second-order valence-electron chi connectivity index (χ2n) is 2.61. The molecule has 0 heterocycles. The van der Waals surface area contributed by atoms with E-state index in [1.54, 1.807) is 0 Å². The molecule has 0 aliphatic rings. The Hall–Kier alpha value is 1.25. The minimum absolute atomic E-state index is 0. The van der Waals surface area contributed by atoms with Gasteiger partial charge in [0.05, 0.1) is 26.2 Å². The van der Waals surface area contributed by atoms with Crippen molar-refractivity contribution in [1.82, 2.24) is 0 Å². The quantitative estimate of drug-likeness (QED) is 0.373. The third kappa shape index (κ3) is 5.48. The smallest absolute Gasteiger partial charge is 0.0757 e. The first-order valence-corrected chi connectivity index (χ1v) is 4.09. The van der Waals surface area contributed by atoms with Crippen LogP contribution in [0, 0.1) is 0 Å². The summed E-state index contributed by atoms with van der Waals surface area (Å²) in [4.78, 5) is 0. The van der Waals surface area contributed by atoms with Crippen molar-refractivity contribution in [3.05, 3.63) is 0 Å². The summed E-state index contributed by atoms with van der Waals surface area (Å²) in [6.45, 7) is 14.2. The van der Waals surface area contributed by atoms with Gasteiger partial charge in [-0.05, 0) is 27.7 Å². The van der Waals surface area contributed by atoms with E-state index in [4.69, 9.17) is 0 Å². The summed E-state index contributed by atoms with van der Waals surface area (Å²) in [7, 11) is 0. The molecule has 3 heteroatoms. The molecule has 0 aliphatic carbocycles. The van der Waals surface area contributed by atoms with E-state index in [0.717, 1.165) is 0 Å². The van der Waals surface area contributed by atoms with E-state index < -0.39 is 0 Å². The van der Waals surface area contributed by atoms with E-state index in [2.05, 4.69) is 27.7 Å². The summed E-state index contributed by atoms with van der Waals surface area (Å²) < 4.78 is 1.28. The molecule has 0 bridgehead atoms. The Labute approximate surface area is 99.8 Å². The summed E-state index contributed by atoms with van der Waals surface area (Å²) in [5.74, 6) is 0. The zero-order valence-electron chi connectivity index (χ0n) is 8.65. The first kappa shape index (κ1) is 18.1. The van der Waals surface area contributed by atoms with E-state index in [0.29, 0.717) is 0 Å². The van der Waals surface area contributed by atoms with Crippen LogP contribution >= 0.6 is 0 Å². The van der Waals surface area contributed by atoms with Crippen molar-refractivity contribution in [3.8, 4) is 0 Å². The van der Waals surface area contributed by atoms with Crippen molar-refractivity contribution in [1.29, 1.82) is 0 Å². The predicted molar refractivity (Wildman–Crippen MR) is 48.2 cm³/mol. The Bertz CT molecular complexity index is 57.0. The fraction of sp³-hybridized carbons (Fsp3) is 1.00. The van der Waals surface area contributed by atoms with E-state index in [9.17, 15) is 0 Å². The molecule has 0 rings (SSSR count). The average Bonchev–Trinajstić information content (AvgIpc) is 1.95. The summed E-state index contributed by atoms with van der Waals surface area (Å²) in [5.41, 5.74) is 0. The van der Waals surface area contributed by atoms with Crippen LogP contribution in [-0.4, -0.2) is 60.2 Å². The fourth-order valence-corrected chi connectivity index (χ4v) is 1.34. The molecule has 0 amide bonds. The molecule has 0 aromatic carbocycles. The van der Waals surface area contributed by atoms with E-state index in [1.165, 1.54) is 30.7 Å². The minimum atomic E-state index is 0. The van der Waals surface area contributed by atoms with Gasteiger partial charge in [0.1, 0.15) is 0 Å². The molecule has 0 aromatic heterocycles. The van der Waals surface area contributed by atoms with Crippen molar-refractivity contribution in [2.75, 3.05) is 26.2 Å². The van der Waals surface area contributed by atoms with Crippen LogP contribution in [0.15, 0.2) is 0 Å². The fourth-order valence-electron chi connectivity index (χ4n) is 1.34. The van der Waals surface area contributed by atoms with Crippen LogP contribution in [0.4, 0.5) is 0 Å². The maximum Gasteiger partial charge on any atom is 0.0757 e. The van der Waals surface area contributed by atoms with Gasteiger partial charge in [0, 0.05) is 29.6 Å². The maximum atomic E-state index is 2.27. The minimum Gasteiger partial charge on any atom is -1.00 e. The van der Waals surface area contributed by atoms with Crippen LogP contribution in [0.2, 0.25) is 0 Å². The molecule has 0 aromatic rings. The van der Waals surface area contributed by atoms with Crippen molar-refractivity contribution >= 4 is 29.6 Å². The van der Waals surface area contributed by atoms with Gasteiger partial charge >= 0.3 is 0 Å². The van der Waals surface area contributed by atoms with Crippen LogP contribution in [0.3, 0.4) is 0 Å². The number of hydrogen-bond acceptors (Lipinski definition) is 0. The van der Waals surface area contributed by atoms with E-state index >= 15 is 0 Å². The molecule has 11 heavy (non-hydrogen) atoms. The Kier molecular flexibility index (Phi) is 15.4. The van der Waals surface area contributed by atoms with Gasteiger partial charge in [-0.15, -0.1) is 0 Å². The Morgan fingerprint density at radius 2 is 0.909 bits per heavy atom. The molecular weight excluding hydrogens is 169 g/mol. The van der Waals surface area contributed by atoms with Crippen molar-refractivity contribution in [2.24, 2.45) is 0 Å². The van der Waals surface area contributed by atoms with Crippen LogP contribution in [-0.2, 0) is 0 Å². The molecular formula is C8H20ClNNa. The zero-order chi connectivity index (χ0) is 7.33. The molecule has 1 nitrogen and oxygen atoms in total. The Morgan fingerprint density at radius 1 is 0.727 bits per heavy atom. The third-order valence-corrected chi connectivity index (χ3v) is 2.68. The van der Waals surface area contributed by atoms with Crippen LogP contribution < -0.4 is 12.4 Å². The molecule has 0 N–H and O–H groups in total. The normalized spacial score (nSPS) is 9.82. The van der Waals surface area contributed by atoms with Crippen molar-refractivity contribution in [2.45, 2.75) is 27.7 Å². The molecule has 0 unspecified atom stereocenters. The maximum absolute atomic E-state index is 2.27. The number of rotatable bonds is 4. The molecule has 0 saturated carbocycles. The van der Waals surface area contributed by atoms with Gasteiger partial charge in [0.25, 0.3) is 0 Å². The van der Waals surface area contributed by atoms with Gasteiger partial charge in [-0.1, -0.05) is 0 Å². The Balaban J connectivity index is -0.000000320. The molecule has 0 atom stereocenters. The number of halogens is 1. The Morgan fingerprint density at radius 3 is 0.909 bits per heavy atom. The largest absolute Gasteiger partial charge is 1.00 e. The summed E-state index contributed by atoms with van der Waals surface area (Å²) in [6, 6.07) is 0. The van der Waals surface area contributed by atoms with Gasteiger partial charge < -0.3 is 16.9 Å². The molecule has 65 valence electrons. The van der Waals surface area contributed by atoms with Gasteiger partial charge in [-0.2, -0.15) is 0 Å². The van der Waals surface area contributed by atoms with Crippen LogP contribution in [0.5, 0.6) is 0 Å².